The number of rotatable bonds is 12. The number of anilines is 1. The van der Waals surface area contributed by atoms with E-state index in [1.807, 2.05) is 0 Å². The molecule has 1 aliphatic heterocycles. The van der Waals surface area contributed by atoms with Gasteiger partial charge in [0.15, 0.2) is 5.84 Å². The standard InChI is InChI=1S/C29H34N4S/c1-4-6-8-26(32-25-16-14-22(15-17-25)21(3)30-18-5-2)23-10-12-24(13-11-23)29-31-20-27(33-29)28-9-7-19-34-28/h7,9-17,19,26,30,32H,3-6,8,18,20H2,1-2H3. The van der Waals surface area contributed by atoms with Crippen molar-refractivity contribution in [3.63, 3.8) is 0 Å². The third-order valence-electron chi connectivity index (χ3n) is 6.01. The van der Waals surface area contributed by atoms with E-state index in [4.69, 9.17) is 4.99 Å². The SMILES string of the molecule is C=C(NCCC)c1ccc(NC(CCCC)c2ccc(C3=NCC(c4cccs4)=N3)cc2)cc1. The lowest BCUT2D eigenvalue weighted by molar-refractivity contribution is 0.634. The molecule has 0 saturated heterocycles. The first kappa shape index (κ1) is 24.0. The van der Waals surface area contributed by atoms with Crippen molar-refractivity contribution < 1.29 is 0 Å². The van der Waals surface area contributed by atoms with Crippen molar-refractivity contribution in [2.45, 2.75) is 45.6 Å². The molecular weight excluding hydrogens is 436 g/mol. The molecule has 0 aliphatic carbocycles. The van der Waals surface area contributed by atoms with Crippen molar-refractivity contribution in [3.05, 3.63) is 94.2 Å². The molecule has 2 aromatic carbocycles. The van der Waals surface area contributed by atoms with Gasteiger partial charge >= 0.3 is 0 Å². The molecule has 1 atom stereocenters. The number of hydrogen-bond acceptors (Lipinski definition) is 5. The fraction of sp³-hybridized carbons (Fsp3) is 0.310. The number of unbranched alkanes of at least 4 members (excludes halogenated alkanes) is 1. The Hall–Kier alpha value is -3.18. The minimum absolute atomic E-state index is 0.261. The summed E-state index contributed by atoms with van der Waals surface area (Å²) >= 11 is 1.72. The monoisotopic (exact) mass is 470 g/mol. The highest BCUT2D eigenvalue weighted by Crippen LogP contribution is 2.27. The largest absolute Gasteiger partial charge is 0.385 e. The molecule has 0 saturated carbocycles. The maximum absolute atomic E-state index is 4.78. The van der Waals surface area contributed by atoms with Crippen LogP contribution in [0.5, 0.6) is 0 Å². The Bertz CT molecular complexity index is 1130. The average molecular weight is 471 g/mol. The van der Waals surface area contributed by atoms with Crippen LogP contribution < -0.4 is 10.6 Å². The lowest BCUT2D eigenvalue weighted by atomic mass is 9.99. The Labute approximate surface area is 207 Å². The summed E-state index contributed by atoms with van der Waals surface area (Å²) in [5.74, 6) is 0.834. The molecule has 4 nitrogen and oxygen atoms in total. The van der Waals surface area contributed by atoms with E-state index in [0.29, 0.717) is 6.54 Å². The number of nitrogens with one attached hydrogen (secondary N) is 2. The maximum Gasteiger partial charge on any atom is 0.155 e. The summed E-state index contributed by atoms with van der Waals surface area (Å²) in [5, 5.41) is 9.20. The highest BCUT2D eigenvalue weighted by atomic mass is 32.1. The summed E-state index contributed by atoms with van der Waals surface area (Å²) in [6.07, 6.45) is 4.53. The molecule has 0 spiro atoms. The molecule has 2 heterocycles. The Balaban J connectivity index is 1.45. The van der Waals surface area contributed by atoms with Gasteiger partial charge < -0.3 is 10.6 Å². The van der Waals surface area contributed by atoms with Gasteiger partial charge in [0.2, 0.25) is 0 Å². The molecule has 3 aromatic rings. The van der Waals surface area contributed by atoms with Gasteiger partial charge in [-0.1, -0.05) is 75.7 Å². The van der Waals surface area contributed by atoms with Crippen molar-refractivity contribution in [2.24, 2.45) is 9.98 Å². The molecule has 176 valence electrons. The maximum atomic E-state index is 4.78. The van der Waals surface area contributed by atoms with Crippen LogP contribution in [0.4, 0.5) is 5.69 Å². The van der Waals surface area contributed by atoms with Crippen molar-refractivity contribution in [1.29, 1.82) is 0 Å². The normalized spacial score (nSPS) is 13.8. The van der Waals surface area contributed by atoms with E-state index >= 15 is 0 Å². The predicted molar refractivity (Wildman–Crippen MR) is 148 cm³/mol. The van der Waals surface area contributed by atoms with E-state index < -0.39 is 0 Å². The van der Waals surface area contributed by atoms with E-state index in [1.165, 1.54) is 23.3 Å². The van der Waals surface area contributed by atoms with Crippen molar-refractivity contribution in [3.8, 4) is 0 Å². The quantitative estimate of drug-likeness (QED) is 0.291. The number of thiophene rings is 1. The molecule has 0 radical (unpaired) electrons. The zero-order chi connectivity index (χ0) is 23.8. The highest BCUT2D eigenvalue weighted by Gasteiger charge is 2.16. The highest BCUT2D eigenvalue weighted by molar-refractivity contribution is 7.12. The second kappa shape index (κ2) is 11.8. The van der Waals surface area contributed by atoms with Crippen molar-refractivity contribution in [1.82, 2.24) is 5.32 Å². The summed E-state index contributed by atoms with van der Waals surface area (Å²) < 4.78 is 0. The number of aliphatic imine (C=N–C) groups is 2. The lowest BCUT2D eigenvalue weighted by Crippen LogP contribution is -2.13. The summed E-state index contributed by atoms with van der Waals surface area (Å²) in [4.78, 5) is 10.7. The van der Waals surface area contributed by atoms with E-state index in [1.54, 1.807) is 11.3 Å². The summed E-state index contributed by atoms with van der Waals surface area (Å²) in [7, 11) is 0. The van der Waals surface area contributed by atoms with Gasteiger partial charge in [0.1, 0.15) is 0 Å². The van der Waals surface area contributed by atoms with E-state index in [-0.39, 0.29) is 6.04 Å². The Kier molecular flexibility index (Phi) is 8.31. The predicted octanol–water partition coefficient (Wildman–Crippen LogP) is 7.31. The summed E-state index contributed by atoms with van der Waals surface area (Å²) in [6, 6.07) is 21.7. The molecular formula is C29H34N4S. The fourth-order valence-electron chi connectivity index (χ4n) is 4.02. The molecule has 34 heavy (non-hydrogen) atoms. The molecule has 2 N–H and O–H groups in total. The molecule has 0 fully saturated rings. The third kappa shape index (κ3) is 6.03. The minimum atomic E-state index is 0.261. The van der Waals surface area contributed by atoms with Crippen LogP contribution in [-0.2, 0) is 0 Å². The minimum Gasteiger partial charge on any atom is -0.385 e. The second-order valence-electron chi connectivity index (χ2n) is 8.62. The molecule has 4 rings (SSSR count). The summed E-state index contributed by atoms with van der Waals surface area (Å²) in [6.45, 7) is 10.2. The first-order valence-electron chi connectivity index (χ1n) is 12.2. The molecule has 1 aromatic heterocycles. The van der Waals surface area contributed by atoms with Crippen LogP contribution in [0.15, 0.2) is 82.6 Å². The van der Waals surface area contributed by atoms with Crippen LogP contribution in [-0.4, -0.2) is 24.6 Å². The zero-order valence-corrected chi connectivity index (χ0v) is 21.0. The zero-order valence-electron chi connectivity index (χ0n) is 20.2. The van der Waals surface area contributed by atoms with Gasteiger partial charge in [-0.2, -0.15) is 0 Å². The van der Waals surface area contributed by atoms with E-state index in [9.17, 15) is 0 Å². The third-order valence-corrected chi connectivity index (χ3v) is 6.92. The number of amidine groups is 1. The number of benzene rings is 2. The average Bonchev–Trinajstić information content (AvgIpc) is 3.58. The Morgan fingerprint density at radius 1 is 1.03 bits per heavy atom. The van der Waals surface area contributed by atoms with Crippen molar-refractivity contribution in [2.75, 3.05) is 18.4 Å². The number of hydrogen-bond donors (Lipinski definition) is 2. The molecule has 5 heteroatoms. The van der Waals surface area contributed by atoms with Gasteiger partial charge in [-0.05, 0) is 47.5 Å². The van der Waals surface area contributed by atoms with Crippen LogP contribution in [0.2, 0.25) is 0 Å². The first-order chi connectivity index (χ1) is 16.7. The van der Waals surface area contributed by atoms with Gasteiger partial charge in [0.25, 0.3) is 0 Å². The smallest absolute Gasteiger partial charge is 0.155 e. The van der Waals surface area contributed by atoms with Gasteiger partial charge in [-0.3, -0.25) is 4.99 Å². The Morgan fingerprint density at radius 3 is 2.50 bits per heavy atom. The molecule has 0 amide bonds. The first-order valence-corrected chi connectivity index (χ1v) is 13.1. The van der Waals surface area contributed by atoms with Crippen molar-refractivity contribution >= 4 is 34.3 Å². The van der Waals surface area contributed by atoms with E-state index in [0.717, 1.165) is 53.4 Å². The molecule has 1 aliphatic rings. The van der Waals surface area contributed by atoms with Crippen LogP contribution in [0.25, 0.3) is 5.70 Å². The van der Waals surface area contributed by atoms with Crippen LogP contribution in [0.3, 0.4) is 0 Å². The van der Waals surface area contributed by atoms with E-state index in [2.05, 4.69) is 102 Å². The van der Waals surface area contributed by atoms with Crippen LogP contribution in [0.1, 0.15) is 67.1 Å². The van der Waals surface area contributed by atoms with Gasteiger partial charge in [0.05, 0.1) is 23.2 Å². The Morgan fingerprint density at radius 2 is 1.82 bits per heavy atom. The van der Waals surface area contributed by atoms with Crippen LogP contribution in [0, 0.1) is 0 Å². The van der Waals surface area contributed by atoms with Gasteiger partial charge in [0, 0.05) is 23.5 Å². The molecule has 0 bridgehead atoms. The topological polar surface area (TPSA) is 48.8 Å². The lowest BCUT2D eigenvalue weighted by Gasteiger charge is -2.21. The second-order valence-corrected chi connectivity index (χ2v) is 9.57. The molecule has 1 unspecified atom stereocenters. The number of nitrogens with zero attached hydrogens (tertiary/aromatic N) is 2. The summed E-state index contributed by atoms with van der Waals surface area (Å²) in [5.41, 5.74) is 6.66. The van der Waals surface area contributed by atoms with Gasteiger partial charge in [-0.15, -0.1) is 11.3 Å². The van der Waals surface area contributed by atoms with Crippen LogP contribution >= 0.6 is 11.3 Å². The van der Waals surface area contributed by atoms with Gasteiger partial charge in [-0.25, -0.2) is 4.99 Å². The fourth-order valence-corrected chi connectivity index (χ4v) is 4.73.